The summed E-state index contributed by atoms with van der Waals surface area (Å²) in [5.41, 5.74) is 0. The van der Waals surface area contributed by atoms with Gasteiger partial charge in [-0.2, -0.15) is 0 Å². The minimum Gasteiger partial charge on any atom is -0.499 e. The molecule has 31 heavy (non-hydrogen) atoms. The third-order valence-corrected chi connectivity index (χ3v) is 5.66. The minimum atomic E-state index is -1.46. The fraction of sp³-hybridized carbons (Fsp3) is 0.833. The summed E-state index contributed by atoms with van der Waals surface area (Å²) in [6.07, 6.45) is 15.8. The standard InChI is InChI=1S/C24H42O7/c1-2-3-4-5-6-7-8-9-10-11-12-13-14-15-16-17-20(27)30-23-21(28)24(29)31-22(23)19(26)18-25/h19,22,25-26,28H,2-18H2,1H3. The smallest absolute Gasteiger partial charge is 0.378 e. The van der Waals surface area contributed by atoms with E-state index in [0.717, 1.165) is 19.3 Å². The first-order chi connectivity index (χ1) is 15.0. The monoisotopic (exact) mass is 442 g/mol. The van der Waals surface area contributed by atoms with Crippen LogP contribution < -0.4 is 0 Å². The van der Waals surface area contributed by atoms with Crippen LogP contribution in [0.5, 0.6) is 0 Å². The van der Waals surface area contributed by atoms with Crippen LogP contribution in [0, 0.1) is 0 Å². The average Bonchev–Trinajstić information content (AvgIpc) is 3.04. The second-order valence-corrected chi connectivity index (χ2v) is 8.46. The Morgan fingerprint density at radius 1 is 0.903 bits per heavy atom. The Morgan fingerprint density at radius 3 is 1.81 bits per heavy atom. The second-order valence-electron chi connectivity index (χ2n) is 8.46. The maximum Gasteiger partial charge on any atom is 0.378 e. The van der Waals surface area contributed by atoms with E-state index in [2.05, 4.69) is 6.92 Å². The highest BCUT2D eigenvalue weighted by atomic mass is 16.6. The van der Waals surface area contributed by atoms with Crippen molar-refractivity contribution in [2.45, 2.75) is 122 Å². The lowest BCUT2D eigenvalue weighted by atomic mass is 10.0. The predicted molar refractivity (Wildman–Crippen MR) is 118 cm³/mol. The normalized spacial score (nSPS) is 17.1. The number of rotatable bonds is 19. The molecular weight excluding hydrogens is 400 g/mol. The summed E-state index contributed by atoms with van der Waals surface area (Å²) in [5, 5.41) is 28.3. The molecule has 1 heterocycles. The van der Waals surface area contributed by atoms with Crippen molar-refractivity contribution in [3.63, 3.8) is 0 Å². The van der Waals surface area contributed by atoms with E-state index in [1.165, 1.54) is 70.6 Å². The van der Waals surface area contributed by atoms with Gasteiger partial charge in [0.05, 0.1) is 6.61 Å². The highest BCUT2D eigenvalue weighted by Gasteiger charge is 2.41. The van der Waals surface area contributed by atoms with Crippen molar-refractivity contribution in [3.05, 3.63) is 11.5 Å². The summed E-state index contributed by atoms with van der Waals surface area (Å²) >= 11 is 0. The van der Waals surface area contributed by atoms with Crippen molar-refractivity contribution in [2.75, 3.05) is 6.61 Å². The molecular formula is C24H42O7. The van der Waals surface area contributed by atoms with Gasteiger partial charge in [0.2, 0.25) is 11.5 Å². The molecule has 3 N–H and O–H groups in total. The quantitative estimate of drug-likeness (QED) is 0.194. The molecule has 2 unspecified atom stereocenters. The highest BCUT2D eigenvalue weighted by Crippen LogP contribution is 2.25. The first-order valence-corrected chi connectivity index (χ1v) is 12.1. The molecule has 0 fully saturated rings. The average molecular weight is 443 g/mol. The van der Waals surface area contributed by atoms with E-state index in [-0.39, 0.29) is 6.42 Å². The maximum absolute atomic E-state index is 12.0. The van der Waals surface area contributed by atoms with E-state index in [1.54, 1.807) is 0 Å². The zero-order chi connectivity index (χ0) is 22.9. The molecule has 1 aliphatic heterocycles. The van der Waals surface area contributed by atoms with E-state index >= 15 is 0 Å². The van der Waals surface area contributed by atoms with E-state index in [1.807, 2.05) is 0 Å². The van der Waals surface area contributed by atoms with Crippen LogP contribution in [0.1, 0.15) is 110 Å². The Balaban J connectivity index is 2.00. The molecule has 1 aliphatic rings. The van der Waals surface area contributed by atoms with Crippen LogP contribution in [0.25, 0.3) is 0 Å². The molecule has 1 rings (SSSR count). The Bertz CT molecular complexity index is 544. The Labute approximate surface area is 186 Å². The fourth-order valence-corrected chi connectivity index (χ4v) is 3.73. The van der Waals surface area contributed by atoms with Gasteiger partial charge in [-0.15, -0.1) is 0 Å². The number of hydrogen-bond acceptors (Lipinski definition) is 7. The third-order valence-electron chi connectivity index (χ3n) is 5.66. The molecule has 0 saturated carbocycles. The number of esters is 2. The van der Waals surface area contributed by atoms with E-state index < -0.39 is 42.3 Å². The van der Waals surface area contributed by atoms with Gasteiger partial charge in [-0.05, 0) is 6.42 Å². The molecule has 0 aromatic carbocycles. The predicted octanol–water partition coefficient (Wildman–Crippen LogP) is 4.84. The lowest BCUT2D eigenvalue weighted by Gasteiger charge is -2.17. The van der Waals surface area contributed by atoms with Gasteiger partial charge in [0.15, 0.2) is 6.10 Å². The number of carbonyl (C=O) groups excluding carboxylic acids is 2. The number of hydrogen-bond donors (Lipinski definition) is 3. The van der Waals surface area contributed by atoms with Gasteiger partial charge in [0.25, 0.3) is 0 Å². The Morgan fingerprint density at radius 2 is 1.35 bits per heavy atom. The number of carbonyl (C=O) groups is 2. The zero-order valence-electron chi connectivity index (χ0n) is 19.2. The first-order valence-electron chi connectivity index (χ1n) is 12.1. The van der Waals surface area contributed by atoms with Crippen molar-refractivity contribution >= 4 is 11.9 Å². The molecule has 0 aromatic rings. The maximum atomic E-state index is 12.0. The van der Waals surface area contributed by atoms with E-state index in [0.29, 0.717) is 6.42 Å². The topological polar surface area (TPSA) is 113 Å². The van der Waals surface area contributed by atoms with Crippen LogP contribution in [-0.4, -0.2) is 46.1 Å². The number of aliphatic hydroxyl groups excluding tert-OH is 3. The molecule has 0 saturated heterocycles. The van der Waals surface area contributed by atoms with Gasteiger partial charge in [0, 0.05) is 6.42 Å². The molecule has 0 amide bonds. The largest absolute Gasteiger partial charge is 0.499 e. The molecule has 0 aliphatic carbocycles. The highest BCUT2D eigenvalue weighted by molar-refractivity contribution is 5.90. The molecule has 180 valence electrons. The number of aliphatic hydroxyl groups is 3. The Hall–Kier alpha value is -1.60. The van der Waals surface area contributed by atoms with Crippen molar-refractivity contribution in [1.82, 2.24) is 0 Å². The Kier molecular flexibility index (Phi) is 15.1. The summed E-state index contributed by atoms with van der Waals surface area (Å²) in [7, 11) is 0. The summed E-state index contributed by atoms with van der Waals surface area (Å²) < 4.78 is 9.74. The van der Waals surface area contributed by atoms with Crippen molar-refractivity contribution in [3.8, 4) is 0 Å². The molecule has 0 radical (unpaired) electrons. The van der Waals surface area contributed by atoms with Crippen LogP contribution >= 0.6 is 0 Å². The zero-order valence-corrected chi connectivity index (χ0v) is 19.2. The minimum absolute atomic E-state index is 0.158. The number of cyclic esters (lactones) is 1. The summed E-state index contributed by atoms with van der Waals surface area (Å²) in [4.78, 5) is 23.4. The van der Waals surface area contributed by atoms with Gasteiger partial charge in [-0.25, -0.2) is 4.79 Å². The van der Waals surface area contributed by atoms with Crippen molar-refractivity contribution < 1.29 is 34.4 Å². The first kappa shape index (κ1) is 27.4. The van der Waals surface area contributed by atoms with Gasteiger partial charge < -0.3 is 24.8 Å². The molecule has 2 atom stereocenters. The van der Waals surface area contributed by atoms with Crippen LogP contribution in [0.3, 0.4) is 0 Å². The van der Waals surface area contributed by atoms with Gasteiger partial charge in [0.1, 0.15) is 6.10 Å². The SMILES string of the molecule is CCCCCCCCCCCCCCCCCC(=O)OC1=C(O)C(=O)OC1C(O)CO. The molecule has 7 nitrogen and oxygen atoms in total. The van der Waals surface area contributed by atoms with E-state index in [4.69, 9.17) is 14.6 Å². The number of ether oxygens (including phenoxy) is 2. The molecule has 7 heteroatoms. The fourth-order valence-electron chi connectivity index (χ4n) is 3.73. The summed E-state index contributed by atoms with van der Waals surface area (Å²) in [5.74, 6) is -2.92. The van der Waals surface area contributed by atoms with Crippen LogP contribution in [0.15, 0.2) is 11.5 Å². The number of unbranched alkanes of at least 4 members (excludes halogenated alkanes) is 14. The van der Waals surface area contributed by atoms with Crippen LogP contribution in [0.4, 0.5) is 0 Å². The second kappa shape index (κ2) is 17.0. The lowest BCUT2D eigenvalue weighted by Crippen LogP contribution is -2.33. The van der Waals surface area contributed by atoms with Crippen molar-refractivity contribution in [2.24, 2.45) is 0 Å². The lowest BCUT2D eigenvalue weighted by molar-refractivity contribution is -0.151. The summed E-state index contributed by atoms with van der Waals surface area (Å²) in [6.45, 7) is 1.56. The molecule has 0 aromatic heterocycles. The summed E-state index contributed by atoms with van der Waals surface area (Å²) in [6, 6.07) is 0. The van der Waals surface area contributed by atoms with E-state index in [9.17, 15) is 19.8 Å². The van der Waals surface area contributed by atoms with Crippen LogP contribution in [-0.2, 0) is 19.1 Å². The molecule has 0 bridgehead atoms. The van der Waals surface area contributed by atoms with Gasteiger partial charge >= 0.3 is 11.9 Å². The van der Waals surface area contributed by atoms with Crippen LogP contribution in [0.2, 0.25) is 0 Å². The van der Waals surface area contributed by atoms with Gasteiger partial charge in [-0.3, -0.25) is 4.79 Å². The van der Waals surface area contributed by atoms with Crippen molar-refractivity contribution in [1.29, 1.82) is 0 Å². The molecule has 0 spiro atoms. The van der Waals surface area contributed by atoms with Gasteiger partial charge in [-0.1, -0.05) is 96.8 Å². The third kappa shape index (κ3) is 11.5.